The van der Waals surface area contributed by atoms with Gasteiger partial charge in [0.15, 0.2) is 0 Å². The maximum Gasteiger partial charge on any atom is 0.232 e. The molecule has 8 heteroatoms. The Morgan fingerprint density at radius 3 is 3.14 bits per heavy atom. The number of fused-ring (bicyclic) bond motifs is 1. The van der Waals surface area contributed by atoms with E-state index in [2.05, 4.69) is 20.7 Å². The standard InChI is InChI=1S/C14H15N5O3/c1-22-11-5-3-2-4-10(11)17-12(20)6-9-7-19-14(15-8-16-19)18-13(9)21/h2-5,8-9H,6-7H2,1H3,(H,17,20)(H,15,16,18,21)/t9-/m1/s1. The maximum absolute atomic E-state index is 12.2. The summed E-state index contributed by atoms with van der Waals surface area (Å²) in [6.45, 7) is 0.334. The first kappa shape index (κ1) is 14.1. The van der Waals surface area contributed by atoms with Crippen LogP contribution in [0, 0.1) is 5.92 Å². The van der Waals surface area contributed by atoms with Crippen LogP contribution >= 0.6 is 0 Å². The summed E-state index contributed by atoms with van der Waals surface area (Å²) in [6, 6.07) is 7.11. The number of carbonyl (C=O) groups excluding carboxylic acids is 2. The largest absolute Gasteiger partial charge is 0.495 e. The van der Waals surface area contributed by atoms with Gasteiger partial charge in [-0.2, -0.15) is 10.1 Å². The van der Waals surface area contributed by atoms with E-state index >= 15 is 0 Å². The van der Waals surface area contributed by atoms with Crippen LogP contribution in [0.3, 0.4) is 0 Å². The minimum absolute atomic E-state index is 0.0587. The number of nitrogens with zero attached hydrogens (tertiary/aromatic N) is 3. The lowest BCUT2D eigenvalue weighted by Crippen LogP contribution is -2.36. The van der Waals surface area contributed by atoms with Crippen molar-refractivity contribution in [2.24, 2.45) is 5.92 Å². The second-order valence-corrected chi connectivity index (χ2v) is 4.90. The summed E-state index contributed by atoms with van der Waals surface area (Å²) >= 11 is 0. The molecule has 0 bridgehead atoms. The van der Waals surface area contributed by atoms with Gasteiger partial charge in [-0.25, -0.2) is 4.68 Å². The second kappa shape index (κ2) is 5.84. The highest BCUT2D eigenvalue weighted by molar-refractivity contribution is 5.98. The fraction of sp³-hybridized carbons (Fsp3) is 0.286. The maximum atomic E-state index is 12.2. The number of benzene rings is 1. The Hall–Kier alpha value is -2.90. The van der Waals surface area contributed by atoms with E-state index in [0.717, 1.165) is 0 Å². The molecule has 1 atom stereocenters. The highest BCUT2D eigenvalue weighted by Gasteiger charge is 2.29. The van der Waals surface area contributed by atoms with Gasteiger partial charge in [-0.15, -0.1) is 0 Å². The predicted octanol–water partition coefficient (Wildman–Crippen LogP) is 0.884. The topological polar surface area (TPSA) is 98.1 Å². The van der Waals surface area contributed by atoms with Gasteiger partial charge in [0, 0.05) is 6.42 Å². The van der Waals surface area contributed by atoms with Crippen LogP contribution in [0.1, 0.15) is 6.42 Å². The van der Waals surface area contributed by atoms with E-state index in [1.165, 1.54) is 13.4 Å². The lowest BCUT2D eigenvalue weighted by Gasteiger charge is -2.21. The molecule has 114 valence electrons. The quantitative estimate of drug-likeness (QED) is 0.873. The molecular formula is C14H15N5O3. The van der Waals surface area contributed by atoms with Gasteiger partial charge in [0.2, 0.25) is 17.8 Å². The monoisotopic (exact) mass is 301 g/mol. The van der Waals surface area contributed by atoms with Crippen LogP contribution in [0.15, 0.2) is 30.6 Å². The summed E-state index contributed by atoms with van der Waals surface area (Å²) in [5.74, 6) is 0.0155. The molecule has 0 aliphatic carbocycles. The minimum Gasteiger partial charge on any atom is -0.495 e. The van der Waals surface area contributed by atoms with Crippen LogP contribution < -0.4 is 15.4 Å². The van der Waals surface area contributed by atoms with Crippen molar-refractivity contribution in [3.63, 3.8) is 0 Å². The molecule has 1 aromatic heterocycles. The van der Waals surface area contributed by atoms with Crippen molar-refractivity contribution < 1.29 is 14.3 Å². The van der Waals surface area contributed by atoms with Gasteiger partial charge >= 0.3 is 0 Å². The predicted molar refractivity (Wildman–Crippen MR) is 78.4 cm³/mol. The molecule has 0 saturated carbocycles. The highest BCUT2D eigenvalue weighted by atomic mass is 16.5. The van der Waals surface area contributed by atoms with Crippen LogP contribution in [0.4, 0.5) is 11.6 Å². The van der Waals surface area contributed by atoms with Crippen LogP contribution in [0.2, 0.25) is 0 Å². The molecule has 2 heterocycles. The number of ether oxygens (including phenoxy) is 1. The third kappa shape index (κ3) is 2.76. The number of hydrogen-bond acceptors (Lipinski definition) is 5. The average molecular weight is 301 g/mol. The summed E-state index contributed by atoms with van der Waals surface area (Å²) < 4.78 is 6.75. The molecule has 0 saturated heterocycles. The number of anilines is 2. The van der Waals surface area contributed by atoms with E-state index in [1.54, 1.807) is 22.9 Å². The molecule has 1 aromatic carbocycles. The molecule has 8 nitrogen and oxygen atoms in total. The molecule has 0 spiro atoms. The minimum atomic E-state index is -0.482. The molecule has 2 amide bonds. The van der Waals surface area contributed by atoms with Crippen molar-refractivity contribution in [2.45, 2.75) is 13.0 Å². The molecule has 0 radical (unpaired) electrons. The van der Waals surface area contributed by atoms with Crippen LogP contribution in [0.5, 0.6) is 5.75 Å². The average Bonchev–Trinajstić information content (AvgIpc) is 2.95. The first-order valence-corrected chi connectivity index (χ1v) is 6.79. The molecule has 22 heavy (non-hydrogen) atoms. The SMILES string of the molecule is COc1ccccc1NC(=O)C[C@@H]1Cn2ncnc2NC1=O. The molecule has 1 aliphatic heterocycles. The van der Waals surface area contributed by atoms with Gasteiger partial charge in [-0.3, -0.25) is 14.9 Å². The van der Waals surface area contributed by atoms with Crippen molar-refractivity contribution in [1.82, 2.24) is 14.8 Å². The lowest BCUT2D eigenvalue weighted by molar-refractivity contribution is -0.126. The number of aromatic nitrogens is 3. The fourth-order valence-corrected chi connectivity index (χ4v) is 2.33. The van der Waals surface area contributed by atoms with Crippen molar-refractivity contribution in [3.8, 4) is 5.75 Å². The van der Waals surface area contributed by atoms with Crippen LogP contribution in [0.25, 0.3) is 0 Å². The second-order valence-electron chi connectivity index (χ2n) is 4.90. The van der Waals surface area contributed by atoms with Crippen LogP contribution in [-0.2, 0) is 16.1 Å². The number of hydrogen-bond donors (Lipinski definition) is 2. The number of methoxy groups -OCH3 is 1. The van der Waals surface area contributed by atoms with Gasteiger partial charge in [-0.05, 0) is 12.1 Å². The molecule has 3 rings (SSSR count). The summed E-state index contributed by atoms with van der Waals surface area (Å²) in [5, 5.41) is 9.38. The van der Waals surface area contributed by atoms with E-state index in [1.807, 2.05) is 6.07 Å². The van der Waals surface area contributed by atoms with Gasteiger partial charge in [-0.1, -0.05) is 12.1 Å². The Kier molecular flexibility index (Phi) is 3.73. The van der Waals surface area contributed by atoms with Gasteiger partial charge < -0.3 is 10.1 Å². The Balaban J connectivity index is 1.66. The summed E-state index contributed by atoms with van der Waals surface area (Å²) in [6.07, 6.45) is 1.43. The number of para-hydroxylation sites is 2. The van der Waals surface area contributed by atoms with Crippen molar-refractivity contribution in [2.75, 3.05) is 17.7 Å². The highest BCUT2D eigenvalue weighted by Crippen LogP contribution is 2.24. The Labute approximate surface area is 126 Å². The first-order chi connectivity index (χ1) is 10.7. The van der Waals surface area contributed by atoms with Crippen molar-refractivity contribution >= 4 is 23.5 Å². The van der Waals surface area contributed by atoms with E-state index in [0.29, 0.717) is 23.9 Å². The zero-order valence-corrected chi connectivity index (χ0v) is 11.9. The fourth-order valence-electron chi connectivity index (χ4n) is 2.33. The lowest BCUT2D eigenvalue weighted by atomic mass is 10.0. The zero-order valence-electron chi connectivity index (χ0n) is 11.9. The Morgan fingerprint density at radius 2 is 2.32 bits per heavy atom. The number of amides is 2. The smallest absolute Gasteiger partial charge is 0.232 e. The van der Waals surface area contributed by atoms with Crippen molar-refractivity contribution in [3.05, 3.63) is 30.6 Å². The summed E-state index contributed by atoms with van der Waals surface area (Å²) in [5.41, 5.74) is 0.577. The molecule has 0 fully saturated rings. The Morgan fingerprint density at radius 1 is 1.50 bits per heavy atom. The number of nitrogens with one attached hydrogen (secondary N) is 2. The van der Waals surface area contributed by atoms with E-state index < -0.39 is 5.92 Å². The van der Waals surface area contributed by atoms with E-state index in [-0.39, 0.29) is 18.2 Å². The van der Waals surface area contributed by atoms with E-state index in [4.69, 9.17) is 4.74 Å². The normalized spacial score (nSPS) is 16.6. The first-order valence-electron chi connectivity index (χ1n) is 6.79. The molecular weight excluding hydrogens is 286 g/mol. The van der Waals surface area contributed by atoms with Gasteiger partial charge in [0.25, 0.3) is 0 Å². The third-order valence-electron chi connectivity index (χ3n) is 3.43. The van der Waals surface area contributed by atoms with Crippen LogP contribution in [-0.4, -0.2) is 33.7 Å². The molecule has 2 aromatic rings. The number of carbonyl (C=O) groups is 2. The summed E-state index contributed by atoms with van der Waals surface area (Å²) in [7, 11) is 1.53. The van der Waals surface area contributed by atoms with Crippen molar-refractivity contribution in [1.29, 1.82) is 0 Å². The zero-order chi connectivity index (χ0) is 15.5. The molecule has 2 N–H and O–H groups in total. The van der Waals surface area contributed by atoms with Gasteiger partial charge in [0.05, 0.1) is 25.3 Å². The van der Waals surface area contributed by atoms with Gasteiger partial charge in [0.1, 0.15) is 12.1 Å². The Bertz CT molecular complexity index is 712. The third-order valence-corrected chi connectivity index (χ3v) is 3.43. The summed E-state index contributed by atoms with van der Waals surface area (Å²) in [4.78, 5) is 28.0. The molecule has 0 unspecified atom stereocenters. The van der Waals surface area contributed by atoms with E-state index in [9.17, 15) is 9.59 Å². The molecule has 1 aliphatic rings. The number of rotatable bonds is 4.